The third-order valence-corrected chi connectivity index (χ3v) is 2.63. The van der Waals surface area contributed by atoms with E-state index in [1.165, 1.54) is 11.1 Å². The van der Waals surface area contributed by atoms with Gasteiger partial charge >= 0.3 is 0 Å². The Morgan fingerprint density at radius 1 is 1.43 bits per heavy atom. The van der Waals surface area contributed by atoms with E-state index in [0.717, 1.165) is 24.2 Å². The van der Waals surface area contributed by atoms with E-state index in [0.29, 0.717) is 0 Å². The Hall–Kier alpha value is -1.50. The number of benzene rings is 1. The highest BCUT2D eigenvalue weighted by atomic mass is 16.5. The average Bonchev–Trinajstić information content (AvgIpc) is 2.27. The van der Waals surface area contributed by atoms with Crippen molar-refractivity contribution in [3.63, 3.8) is 0 Å². The van der Waals surface area contributed by atoms with Crippen LogP contribution in [-0.2, 0) is 6.42 Å². The summed E-state index contributed by atoms with van der Waals surface area (Å²) >= 11 is 0. The molecule has 72 valence electrons. The topological polar surface area (TPSA) is 9.23 Å². The first-order valence-corrected chi connectivity index (χ1v) is 4.85. The Morgan fingerprint density at radius 2 is 2.29 bits per heavy atom. The van der Waals surface area contributed by atoms with Gasteiger partial charge in [0.2, 0.25) is 0 Å². The molecule has 0 saturated heterocycles. The van der Waals surface area contributed by atoms with Gasteiger partial charge in [-0.25, -0.2) is 0 Å². The molecule has 1 heteroatoms. The fourth-order valence-corrected chi connectivity index (χ4v) is 1.90. The summed E-state index contributed by atoms with van der Waals surface area (Å²) in [5, 5.41) is 0. The molecule has 0 heterocycles. The summed E-state index contributed by atoms with van der Waals surface area (Å²) in [4.78, 5) is 0. The van der Waals surface area contributed by atoms with Crippen molar-refractivity contribution in [3.05, 3.63) is 41.5 Å². The number of allylic oxidation sites excluding steroid dienone is 1. The largest absolute Gasteiger partial charge is 0.496 e. The molecule has 0 amide bonds. The molecule has 0 radical (unpaired) electrons. The lowest BCUT2D eigenvalue weighted by Crippen LogP contribution is -1.98. The molecule has 0 atom stereocenters. The Morgan fingerprint density at radius 3 is 3.00 bits per heavy atom. The van der Waals surface area contributed by atoms with Crippen molar-refractivity contribution in [1.29, 1.82) is 0 Å². The SMILES string of the molecule is C=Cc1c(OC)ccc2c1C=CCC2. The molecule has 0 aliphatic heterocycles. The monoisotopic (exact) mass is 186 g/mol. The number of fused-ring (bicyclic) bond motifs is 1. The van der Waals surface area contributed by atoms with Crippen molar-refractivity contribution >= 4 is 12.2 Å². The van der Waals surface area contributed by atoms with E-state index in [1.54, 1.807) is 7.11 Å². The summed E-state index contributed by atoms with van der Waals surface area (Å²) in [7, 11) is 1.70. The predicted octanol–water partition coefficient (Wildman–Crippen LogP) is 3.30. The van der Waals surface area contributed by atoms with Gasteiger partial charge in [0.05, 0.1) is 7.11 Å². The van der Waals surface area contributed by atoms with Crippen LogP contribution >= 0.6 is 0 Å². The third-order valence-electron chi connectivity index (χ3n) is 2.63. The minimum Gasteiger partial charge on any atom is -0.496 e. The van der Waals surface area contributed by atoms with Crippen LogP contribution in [-0.4, -0.2) is 7.11 Å². The molecule has 0 saturated carbocycles. The van der Waals surface area contributed by atoms with Gasteiger partial charge in [0.15, 0.2) is 0 Å². The van der Waals surface area contributed by atoms with Crippen LogP contribution in [0.5, 0.6) is 5.75 Å². The lowest BCUT2D eigenvalue weighted by atomic mass is 9.92. The summed E-state index contributed by atoms with van der Waals surface area (Å²) in [5.41, 5.74) is 3.77. The molecular formula is C13H14O. The van der Waals surface area contributed by atoms with E-state index in [4.69, 9.17) is 4.74 Å². The third kappa shape index (κ3) is 1.35. The second-order valence-electron chi connectivity index (χ2n) is 3.40. The van der Waals surface area contributed by atoms with E-state index in [1.807, 2.05) is 12.1 Å². The zero-order valence-electron chi connectivity index (χ0n) is 8.42. The van der Waals surface area contributed by atoms with Crippen molar-refractivity contribution in [3.8, 4) is 5.75 Å². The number of hydrogen-bond acceptors (Lipinski definition) is 1. The molecule has 1 aromatic rings. The van der Waals surface area contributed by atoms with Crippen LogP contribution in [0.25, 0.3) is 12.2 Å². The second kappa shape index (κ2) is 3.70. The molecule has 14 heavy (non-hydrogen) atoms. The summed E-state index contributed by atoms with van der Waals surface area (Å²) in [6, 6.07) is 4.17. The molecule has 0 fully saturated rings. The maximum absolute atomic E-state index is 5.30. The summed E-state index contributed by atoms with van der Waals surface area (Å²) < 4.78 is 5.30. The fraction of sp³-hybridized carbons (Fsp3) is 0.231. The van der Waals surface area contributed by atoms with Crippen LogP contribution in [0.1, 0.15) is 23.1 Å². The molecule has 1 aromatic carbocycles. The van der Waals surface area contributed by atoms with Gasteiger partial charge in [-0.1, -0.05) is 30.9 Å². The van der Waals surface area contributed by atoms with Crippen molar-refractivity contribution in [2.75, 3.05) is 7.11 Å². The lowest BCUT2D eigenvalue weighted by Gasteiger charge is -2.15. The maximum atomic E-state index is 5.30. The zero-order chi connectivity index (χ0) is 9.97. The fourth-order valence-electron chi connectivity index (χ4n) is 1.90. The van der Waals surface area contributed by atoms with Gasteiger partial charge in [0, 0.05) is 5.56 Å². The van der Waals surface area contributed by atoms with Crippen LogP contribution < -0.4 is 4.74 Å². The van der Waals surface area contributed by atoms with Crippen LogP contribution in [0.4, 0.5) is 0 Å². The van der Waals surface area contributed by atoms with Gasteiger partial charge in [-0.2, -0.15) is 0 Å². The smallest absolute Gasteiger partial charge is 0.126 e. The van der Waals surface area contributed by atoms with Gasteiger partial charge in [0.1, 0.15) is 5.75 Å². The first-order valence-electron chi connectivity index (χ1n) is 4.85. The highest BCUT2D eigenvalue weighted by Gasteiger charge is 2.11. The first-order chi connectivity index (χ1) is 6.86. The summed E-state index contributed by atoms with van der Waals surface area (Å²) in [6.07, 6.45) is 8.49. The van der Waals surface area contributed by atoms with E-state index in [2.05, 4.69) is 24.8 Å². The van der Waals surface area contributed by atoms with Crippen LogP contribution in [0.3, 0.4) is 0 Å². The minimum absolute atomic E-state index is 0.908. The predicted molar refractivity (Wildman–Crippen MR) is 60.4 cm³/mol. The van der Waals surface area contributed by atoms with Crippen LogP contribution in [0.2, 0.25) is 0 Å². The van der Waals surface area contributed by atoms with Gasteiger partial charge in [-0.15, -0.1) is 0 Å². The summed E-state index contributed by atoms with van der Waals surface area (Å²) in [6.45, 7) is 3.83. The molecule has 1 nitrogen and oxygen atoms in total. The number of ether oxygens (including phenoxy) is 1. The van der Waals surface area contributed by atoms with Crippen LogP contribution in [0, 0.1) is 0 Å². The Kier molecular flexibility index (Phi) is 2.40. The number of hydrogen-bond donors (Lipinski definition) is 0. The molecule has 0 aromatic heterocycles. The molecule has 0 N–H and O–H groups in total. The number of aryl methyl sites for hydroxylation is 1. The highest BCUT2D eigenvalue weighted by molar-refractivity contribution is 5.72. The normalized spacial score (nSPS) is 13.5. The molecular weight excluding hydrogens is 172 g/mol. The molecule has 0 unspecified atom stereocenters. The van der Waals surface area contributed by atoms with Gasteiger partial charge in [-0.05, 0) is 30.0 Å². The number of methoxy groups -OCH3 is 1. The first kappa shape index (κ1) is 9.07. The van der Waals surface area contributed by atoms with Crippen molar-refractivity contribution in [2.24, 2.45) is 0 Å². The van der Waals surface area contributed by atoms with E-state index < -0.39 is 0 Å². The highest BCUT2D eigenvalue weighted by Crippen LogP contribution is 2.30. The zero-order valence-corrected chi connectivity index (χ0v) is 8.42. The lowest BCUT2D eigenvalue weighted by molar-refractivity contribution is 0.413. The van der Waals surface area contributed by atoms with Crippen LogP contribution in [0.15, 0.2) is 24.8 Å². The van der Waals surface area contributed by atoms with Gasteiger partial charge in [0.25, 0.3) is 0 Å². The standard InChI is InChI=1S/C13H14O/c1-3-11-12-7-5-4-6-10(12)8-9-13(11)14-2/h3,5,7-9H,1,4,6H2,2H3. The average molecular weight is 186 g/mol. The number of rotatable bonds is 2. The summed E-state index contributed by atoms with van der Waals surface area (Å²) in [5.74, 6) is 0.908. The van der Waals surface area contributed by atoms with Crippen molar-refractivity contribution < 1.29 is 4.74 Å². The molecule has 0 bridgehead atoms. The van der Waals surface area contributed by atoms with E-state index in [9.17, 15) is 0 Å². The second-order valence-corrected chi connectivity index (χ2v) is 3.40. The minimum atomic E-state index is 0.908. The Bertz CT molecular complexity index is 388. The molecule has 1 aliphatic carbocycles. The van der Waals surface area contributed by atoms with E-state index >= 15 is 0 Å². The van der Waals surface area contributed by atoms with Crippen molar-refractivity contribution in [2.45, 2.75) is 12.8 Å². The molecule has 0 spiro atoms. The van der Waals surface area contributed by atoms with Gasteiger partial charge < -0.3 is 4.74 Å². The molecule has 1 aliphatic rings. The van der Waals surface area contributed by atoms with Gasteiger partial charge in [-0.3, -0.25) is 0 Å². The Balaban J connectivity index is 2.63. The van der Waals surface area contributed by atoms with Crippen molar-refractivity contribution in [1.82, 2.24) is 0 Å². The molecule has 2 rings (SSSR count). The van der Waals surface area contributed by atoms with E-state index in [-0.39, 0.29) is 0 Å². The maximum Gasteiger partial charge on any atom is 0.126 e. The Labute approximate surface area is 84.7 Å². The quantitative estimate of drug-likeness (QED) is 0.688.